The van der Waals surface area contributed by atoms with Crippen LogP contribution in [-0.2, 0) is 21.8 Å². The molecular weight excluding hydrogens is 521 g/mol. The summed E-state index contributed by atoms with van der Waals surface area (Å²) in [6.07, 6.45) is 4.12. The van der Waals surface area contributed by atoms with Gasteiger partial charge in [-0.05, 0) is 43.3 Å². The van der Waals surface area contributed by atoms with Gasteiger partial charge >= 0.3 is 6.09 Å². The number of carbonyl (C=O) groups is 1. The van der Waals surface area contributed by atoms with E-state index in [1.165, 1.54) is 4.90 Å². The maximum absolute atomic E-state index is 11.3. The molecule has 1 saturated heterocycles. The lowest BCUT2D eigenvalue weighted by molar-refractivity contribution is -0.184. The van der Waals surface area contributed by atoms with Crippen molar-refractivity contribution in [3.8, 4) is 0 Å². The molecule has 7 nitrogen and oxygen atoms in total. The average molecular weight is 545 g/mol. The number of imidazole rings is 1. The van der Waals surface area contributed by atoms with Crippen molar-refractivity contribution in [2.75, 3.05) is 23.8 Å². The maximum Gasteiger partial charge on any atom is 0.411 e. The summed E-state index contributed by atoms with van der Waals surface area (Å²) in [4.78, 5) is 17.7. The molecule has 11 heteroatoms. The van der Waals surface area contributed by atoms with Crippen LogP contribution in [-0.4, -0.2) is 45.8 Å². The summed E-state index contributed by atoms with van der Waals surface area (Å²) in [5.41, 5.74) is 1.36. The Morgan fingerprint density at radius 2 is 2.06 bits per heavy atom. The van der Waals surface area contributed by atoms with Crippen LogP contribution in [0, 0.1) is 0 Å². The van der Waals surface area contributed by atoms with E-state index in [1.54, 1.807) is 43.3 Å². The minimum atomic E-state index is -1.05. The van der Waals surface area contributed by atoms with Gasteiger partial charge in [0, 0.05) is 45.9 Å². The molecule has 3 aromatic rings. The average Bonchev–Trinajstić information content (AvgIpc) is 3.44. The molecule has 2 heterocycles. The van der Waals surface area contributed by atoms with Gasteiger partial charge in [-0.1, -0.05) is 29.3 Å². The first kappa shape index (κ1) is 26.7. The number of nitrogens with zero attached hydrogens (tertiary/aromatic N) is 3. The molecule has 182 valence electrons. The van der Waals surface area contributed by atoms with Crippen molar-refractivity contribution >= 4 is 59.2 Å². The lowest BCUT2D eigenvalue weighted by atomic mass is 10.1. The van der Waals surface area contributed by atoms with E-state index in [2.05, 4.69) is 4.98 Å². The minimum Gasteiger partial charge on any atom is -0.465 e. The zero-order valence-corrected chi connectivity index (χ0v) is 21.4. The van der Waals surface area contributed by atoms with Gasteiger partial charge < -0.3 is 19.1 Å². The van der Waals surface area contributed by atoms with Gasteiger partial charge in [0.25, 0.3) is 0 Å². The van der Waals surface area contributed by atoms with E-state index in [0.29, 0.717) is 46.7 Å². The van der Waals surface area contributed by atoms with Gasteiger partial charge in [-0.2, -0.15) is 0 Å². The molecule has 34 heavy (non-hydrogen) atoms. The lowest BCUT2D eigenvalue weighted by Gasteiger charge is -2.30. The first-order chi connectivity index (χ1) is 15.9. The second kappa shape index (κ2) is 11.7. The molecule has 0 bridgehead atoms. The van der Waals surface area contributed by atoms with E-state index in [9.17, 15) is 9.90 Å². The van der Waals surface area contributed by atoms with Crippen molar-refractivity contribution in [3.63, 3.8) is 0 Å². The van der Waals surface area contributed by atoms with Gasteiger partial charge in [0.1, 0.15) is 0 Å². The molecule has 1 fully saturated rings. The predicted octanol–water partition coefficient (Wildman–Crippen LogP) is 6.18. The molecule has 0 saturated carbocycles. The third-order valence-electron chi connectivity index (χ3n) is 5.28. The number of rotatable bonds is 8. The van der Waals surface area contributed by atoms with Crippen LogP contribution >= 0.6 is 47.4 Å². The summed E-state index contributed by atoms with van der Waals surface area (Å²) < 4.78 is 14.6. The number of benzene rings is 2. The summed E-state index contributed by atoms with van der Waals surface area (Å²) in [6.45, 7) is 2.99. The van der Waals surface area contributed by atoms with E-state index in [1.807, 2.05) is 41.1 Å². The number of thioether (sulfide) groups is 1. The second-order valence-electron chi connectivity index (χ2n) is 7.49. The molecule has 1 amide bonds. The number of aromatic nitrogens is 2. The van der Waals surface area contributed by atoms with Crippen molar-refractivity contribution in [1.29, 1.82) is 0 Å². The normalized spacial score (nSPS) is 19.6. The predicted molar refractivity (Wildman–Crippen MR) is 137 cm³/mol. The summed E-state index contributed by atoms with van der Waals surface area (Å²) in [5, 5.41) is 10.3. The maximum atomic E-state index is 11.3. The number of halogens is 3. The number of anilines is 1. The molecule has 0 unspecified atom stereocenters. The van der Waals surface area contributed by atoms with Crippen LogP contribution in [0.15, 0.2) is 66.1 Å². The fourth-order valence-electron chi connectivity index (χ4n) is 3.72. The fraction of sp³-hybridized carbons (Fsp3) is 0.304. The highest BCUT2D eigenvalue weighted by Gasteiger charge is 2.45. The first-order valence-corrected chi connectivity index (χ1v) is 12.1. The monoisotopic (exact) mass is 543 g/mol. The van der Waals surface area contributed by atoms with Crippen LogP contribution in [0.2, 0.25) is 10.0 Å². The number of carboxylic acid groups (broad SMARTS) is 1. The zero-order valence-electron chi connectivity index (χ0n) is 18.3. The van der Waals surface area contributed by atoms with Crippen molar-refractivity contribution in [1.82, 2.24) is 9.55 Å². The number of amides is 1. The van der Waals surface area contributed by atoms with Crippen LogP contribution in [0.1, 0.15) is 12.5 Å². The highest BCUT2D eigenvalue weighted by atomic mass is 35.5. The van der Waals surface area contributed by atoms with Gasteiger partial charge in [0.05, 0.1) is 30.6 Å². The molecule has 0 spiro atoms. The molecule has 2 atom stereocenters. The SMILES string of the molecule is CCN(C(=O)O)c1ccc(SC[C@@H]2CO[C@@](Cn3ccnc3)(c3ccc(Cl)cc3Cl)O2)cc1.Cl. The number of hydrogen-bond acceptors (Lipinski definition) is 5. The Labute approximate surface area is 218 Å². The van der Waals surface area contributed by atoms with Gasteiger partial charge in [-0.3, -0.25) is 4.90 Å². The molecule has 2 aromatic carbocycles. The summed E-state index contributed by atoms with van der Waals surface area (Å²) in [6, 6.07) is 12.7. The van der Waals surface area contributed by atoms with Crippen LogP contribution in [0.3, 0.4) is 0 Å². The molecule has 1 N–H and O–H groups in total. The van der Waals surface area contributed by atoms with Gasteiger partial charge in [0.15, 0.2) is 0 Å². The summed E-state index contributed by atoms with van der Waals surface area (Å²) >= 11 is 14.2. The van der Waals surface area contributed by atoms with Gasteiger partial charge in [-0.25, -0.2) is 9.78 Å². The van der Waals surface area contributed by atoms with Crippen molar-refractivity contribution in [3.05, 3.63) is 76.8 Å². The van der Waals surface area contributed by atoms with Crippen molar-refractivity contribution in [2.45, 2.75) is 30.3 Å². The lowest BCUT2D eigenvalue weighted by Crippen LogP contribution is -2.34. The Balaban J connectivity index is 0.00000324. The van der Waals surface area contributed by atoms with Crippen LogP contribution in [0.25, 0.3) is 0 Å². The van der Waals surface area contributed by atoms with E-state index >= 15 is 0 Å². The summed E-state index contributed by atoms with van der Waals surface area (Å²) in [5.74, 6) is -0.396. The molecule has 0 radical (unpaired) electrons. The standard InChI is InChI=1S/C23H23Cl2N3O4S.ClH/c1-2-28(22(29)30)17-4-6-19(7-5-17)33-13-18-12-31-23(32-18,14-27-10-9-26-15-27)20-8-3-16(24)11-21(20)25;/h3-11,15,18H,2,12-14H2,1H3,(H,29,30);1H/t18-,23+;/m0./s1. The Morgan fingerprint density at radius 3 is 2.68 bits per heavy atom. The minimum absolute atomic E-state index is 0. The summed E-state index contributed by atoms with van der Waals surface area (Å²) in [7, 11) is 0. The molecular formula is C23H24Cl3N3O4S. The Hall–Kier alpha value is -1.94. The Morgan fingerprint density at radius 1 is 1.29 bits per heavy atom. The second-order valence-corrected chi connectivity index (χ2v) is 9.43. The van der Waals surface area contributed by atoms with E-state index in [-0.39, 0.29) is 18.5 Å². The number of hydrogen-bond donors (Lipinski definition) is 1. The van der Waals surface area contributed by atoms with Crippen molar-refractivity contribution in [2.24, 2.45) is 0 Å². The van der Waals surface area contributed by atoms with Gasteiger partial charge in [-0.15, -0.1) is 24.2 Å². The molecule has 1 aliphatic heterocycles. The van der Waals surface area contributed by atoms with Gasteiger partial charge in [0.2, 0.25) is 5.79 Å². The molecule has 4 rings (SSSR count). The Kier molecular flexibility index (Phi) is 9.14. The number of ether oxygens (including phenoxy) is 2. The third-order valence-corrected chi connectivity index (χ3v) is 6.97. The zero-order chi connectivity index (χ0) is 23.4. The van der Waals surface area contributed by atoms with E-state index < -0.39 is 11.9 Å². The molecule has 0 aliphatic carbocycles. The third kappa shape index (κ3) is 6.00. The Bertz CT molecular complexity index is 1100. The molecule has 1 aromatic heterocycles. The highest BCUT2D eigenvalue weighted by Crippen LogP contribution is 2.41. The van der Waals surface area contributed by atoms with Crippen LogP contribution in [0.5, 0.6) is 0 Å². The topological polar surface area (TPSA) is 76.8 Å². The first-order valence-electron chi connectivity index (χ1n) is 10.4. The molecule has 1 aliphatic rings. The van der Waals surface area contributed by atoms with Crippen LogP contribution in [0.4, 0.5) is 10.5 Å². The van der Waals surface area contributed by atoms with Crippen LogP contribution < -0.4 is 4.90 Å². The smallest absolute Gasteiger partial charge is 0.411 e. The van der Waals surface area contributed by atoms with E-state index in [4.69, 9.17) is 32.7 Å². The van der Waals surface area contributed by atoms with E-state index in [0.717, 1.165) is 4.90 Å². The largest absolute Gasteiger partial charge is 0.465 e. The fourth-order valence-corrected chi connectivity index (χ4v) is 5.14. The highest BCUT2D eigenvalue weighted by molar-refractivity contribution is 7.99. The quantitative estimate of drug-likeness (QED) is 0.341. The van der Waals surface area contributed by atoms with Crippen molar-refractivity contribution < 1.29 is 19.4 Å².